The molecule has 0 bridgehead atoms. The standard InChI is InChI=1S/C14H10N2O4/c17-14(18)11-4-6-12(7-5-11)15-9-10-2-1-3-13(8-10)16(19)20/h1-9H,(H,17,18). The molecular formula is C14H10N2O4. The monoisotopic (exact) mass is 270 g/mol. The molecule has 0 heterocycles. The van der Waals surface area contributed by atoms with E-state index in [1.807, 2.05) is 0 Å². The Hall–Kier alpha value is -3.02. The van der Waals surface area contributed by atoms with Crippen LogP contribution in [0.15, 0.2) is 53.5 Å². The summed E-state index contributed by atoms with van der Waals surface area (Å²) < 4.78 is 0. The van der Waals surface area contributed by atoms with Crippen LogP contribution < -0.4 is 0 Å². The molecule has 6 heteroatoms. The number of nitrogens with zero attached hydrogens (tertiary/aromatic N) is 2. The van der Waals surface area contributed by atoms with Gasteiger partial charge in [-0.05, 0) is 29.8 Å². The van der Waals surface area contributed by atoms with E-state index in [0.29, 0.717) is 11.3 Å². The van der Waals surface area contributed by atoms with Crippen LogP contribution in [0.1, 0.15) is 15.9 Å². The number of non-ortho nitro benzene ring substituents is 1. The van der Waals surface area contributed by atoms with Gasteiger partial charge < -0.3 is 5.11 Å². The SMILES string of the molecule is O=C(O)c1ccc(N=Cc2cccc([N+](=O)[O-])c2)cc1. The minimum absolute atomic E-state index is 0.00447. The third-order valence-electron chi connectivity index (χ3n) is 2.56. The molecule has 0 radical (unpaired) electrons. The second-order valence-electron chi connectivity index (χ2n) is 3.96. The van der Waals surface area contributed by atoms with Gasteiger partial charge in [-0.15, -0.1) is 0 Å². The number of carboxylic acid groups (broad SMARTS) is 1. The molecule has 0 aliphatic rings. The summed E-state index contributed by atoms with van der Waals surface area (Å²) >= 11 is 0. The number of rotatable bonds is 4. The van der Waals surface area contributed by atoms with Crippen LogP contribution in [0.5, 0.6) is 0 Å². The van der Waals surface area contributed by atoms with Gasteiger partial charge in [0.1, 0.15) is 0 Å². The lowest BCUT2D eigenvalue weighted by Crippen LogP contribution is -1.94. The summed E-state index contributed by atoms with van der Waals surface area (Å²) in [6, 6.07) is 12.1. The predicted molar refractivity (Wildman–Crippen MR) is 73.8 cm³/mol. The van der Waals surface area contributed by atoms with Crippen LogP contribution in [0, 0.1) is 10.1 Å². The van der Waals surface area contributed by atoms with Gasteiger partial charge in [-0.1, -0.05) is 12.1 Å². The smallest absolute Gasteiger partial charge is 0.335 e. The van der Waals surface area contributed by atoms with E-state index in [1.165, 1.54) is 30.5 Å². The number of nitro groups is 1. The number of aromatic carboxylic acids is 1. The molecule has 0 saturated carbocycles. The van der Waals surface area contributed by atoms with E-state index in [-0.39, 0.29) is 11.3 Å². The number of aliphatic imine (C=N–C) groups is 1. The summed E-state index contributed by atoms with van der Waals surface area (Å²) in [5, 5.41) is 19.4. The third-order valence-corrected chi connectivity index (χ3v) is 2.56. The first-order valence-electron chi connectivity index (χ1n) is 5.68. The number of hydrogen-bond donors (Lipinski definition) is 1. The molecule has 0 spiro atoms. The van der Waals surface area contributed by atoms with Gasteiger partial charge in [-0.2, -0.15) is 0 Å². The minimum Gasteiger partial charge on any atom is -0.478 e. The fraction of sp³-hybridized carbons (Fsp3) is 0. The summed E-state index contributed by atoms with van der Waals surface area (Å²) in [6.45, 7) is 0. The van der Waals surface area contributed by atoms with Crippen molar-refractivity contribution < 1.29 is 14.8 Å². The third kappa shape index (κ3) is 3.26. The normalized spacial score (nSPS) is 10.6. The Bertz CT molecular complexity index is 678. The fourth-order valence-electron chi connectivity index (χ4n) is 1.56. The summed E-state index contributed by atoms with van der Waals surface area (Å²) in [7, 11) is 0. The zero-order valence-electron chi connectivity index (χ0n) is 10.3. The minimum atomic E-state index is -1.00. The van der Waals surface area contributed by atoms with Crippen molar-refractivity contribution in [3.8, 4) is 0 Å². The highest BCUT2D eigenvalue weighted by molar-refractivity contribution is 5.88. The largest absolute Gasteiger partial charge is 0.478 e. The van der Waals surface area contributed by atoms with E-state index in [9.17, 15) is 14.9 Å². The van der Waals surface area contributed by atoms with Gasteiger partial charge in [0.05, 0.1) is 16.2 Å². The molecule has 20 heavy (non-hydrogen) atoms. The summed E-state index contributed by atoms with van der Waals surface area (Å²) in [5.41, 5.74) is 1.34. The molecule has 2 aromatic carbocycles. The summed E-state index contributed by atoms with van der Waals surface area (Å²) in [6.07, 6.45) is 1.49. The molecule has 0 saturated heterocycles. The van der Waals surface area contributed by atoms with Gasteiger partial charge in [0, 0.05) is 18.3 Å². The zero-order valence-corrected chi connectivity index (χ0v) is 10.3. The lowest BCUT2D eigenvalue weighted by Gasteiger charge is -1.96. The first kappa shape index (κ1) is 13.4. The molecule has 2 aromatic rings. The molecule has 100 valence electrons. The Balaban J connectivity index is 2.18. The highest BCUT2D eigenvalue weighted by Gasteiger charge is 2.04. The van der Waals surface area contributed by atoms with Gasteiger partial charge in [-0.25, -0.2) is 4.79 Å². The van der Waals surface area contributed by atoms with Crippen molar-refractivity contribution in [2.45, 2.75) is 0 Å². The number of hydrogen-bond acceptors (Lipinski definition) is 4. The van der Waals surface area contributed by atoms with Crippen molar-refractivity contribution in [3.63, 3.8) is 0 Å². The lowest BCUT2D eigenvalue weighted by atomic mass is 10.2. The van der Waals surface area contributed by atoms with Gasteiger partial charge in [0.25, 0.3) is 5.69 Å². The van der Waals surface area contributed by atoms with Crippen molar-refractivity contribution in [1.82, 2.24) is 0 Å². The highest BCUT2D eigenvalue weighted by atomic mass is 16.6. The maximum absolute atomic E-state index is 10.7. The van der Waals surface area contributed by atoms with E-state index < -0.39 is 10.9 Å². The molecule has 0 fully saturated rings. The van der Waals surface area contributed by atoms with Crippen LogP contribution in [0.25, 0.3) is 0 Å². The fourth-order valence-corrected chi connectivity index (χ4v) is 1.56. The van der Waals surface area contributed by atoms with Crippen molar-refractivity contribution in [3.05, 3.63) is 69.8 Å². The lowest BCUT2D eigenvalue weighted by molar-refractivity contribution is -0.384. The number of carboxylic acids is 1. The Morgan fingerprint density at radius 2 is 1.90 bits per heavy atom. The quantitative estimate of drug-likeness (QED) is 0.525. The highest BCUT2D eigenvalue weighted by Crippen LogP contribution is 2.15. The average Bonchev–Trinajstić information content (AvgIpc) is 2.46. The number of benzene rings is 2. The average molecular weight is 270 g/mol. The maximum Gasteiger partial charge on any atom is 0.335 e. The second kappa shape index (κ2) is 5.75. The second-order valence-corrected chi connectivity index (χ2v) is 3.96. The van der Waals surface area contributed by atoms with Crippen molar-refractivity contribution >= 4 is 23.6 Å². The van der Waals surface area contributed by atoms with Crippen LogP contribution in [0.3, 0.4) is 0 Å². The Labute approximate surface area is 114 Å². The molecule has 2 rings (SSSR count). The molecule has 0 atom stereocenters. The van der Waals surface area contributed by atoms with Gasteiger partial charge in [-0.3, -0.25) is 15.1 Å². The molecule has 0 aliphatic carbocycles. The molecule has 0 unspecified atom stereocenters. The first-order valence-corrected chi connectivity index (χ1v) is 5.68. The van der Waals surface area contributed by atoms with E-state index in [4.69, 9.17) is 5.11 Å². The molecule has 0 aliphatic heterocycles. The molecule has 0 amide bonds. The van der Waals surface area contributed by atoms with E-state index in [2.05, 4.69) is 4.99 Å². The van der Waals surface area contributed by atoms with Gasteiger partial charge >= 0.3 is 5.97 Å². The van der Waals surface area contributed by atoms with E-state index in [0.717, 1.165) is 0 Å². The maximum atomic E-state index is 10.7. The van der Waals surface area contributed by atoms with Crippen molar-refractivity contribution in [2.24, 2.45) is 4.99 Å². The van der Waals surface area contributed by atoms with E-state index >= 15 is 0 Å². The first-order chi connectivity index (χ1) is 9.56. The van der Waals surface area contributed by atoms with Gasteiger partial charge in [0.15, 0.2) is 0 Å². The van der Waals surface area contributed by atoms with Crippen molar-refractivity contribution in [2.75, 3.05) is 0 Å². The van der Waals surface area contributed by atoms with Gasteiger partial charge in [0.2, 0.25) is 0 Å². The van der Waals surface area contributed by atoms with Crippen LogP contribution >= 0.6 is 0 Å². The molecular weight excluding hydrogens is 260 g/mol. The number of nitro benzene ring substituents is 1. The summed E-state index contributed by atoms with van der Waals surface area (Å²) in [5.74, 6) is -1.00. The Kier molecular flexibility index (Phi) is 3.85. The Morgan fingerprint density at radius 1 is 1.20 bits per heavy atom. The van der Waals surface area contributed by atoms with Crippen LogP contribution in [0.4, 0.5) is 11.4 Å². The van der Waals surface area contributed by atoms with Crippen LogP contribution in [-0.2, 0) is 0 Å². The van der Waals surface area contributed by atoms with Crippen LogP contribution in [-0.4, -0.2) is 22.2 Å². The van der Waals surface area contributed by atoms with Crippen molar-refractivity contribution in [1.29, 1.82) is 0 Å². The summed E-state index contributed by atoms with van der Waals surface area (Å²) in [4.78, 5) is 25.0. The number of carbonyl (C=O) groups is 1. The Morgan fingerprint density at radius 3 is 2.50 bits per heavy atom. The van der Waals surface area contributed by atoms with Crippen LogP contribution in [0.2, 0.25) is 0 Å². The zero-order chi connectivity index (χ0) is 14.5. The predicted octanol–water partition coefficient (Wildman–Crippen LogP) is 3.04. The molecule has 0 aromatic heterocycles. The molecule has 6 nitrogen and oxygen atoms in total. The topological polar surface area (TPSA) is 92.8 Å². The molecule has 1 N–H and O–H groups in total. The van der Waals surface area contributed by atoms with E-state index in [1.54, 1.807) is 24.3 Å².